The second-order valence-electron chi connectivity index (χ2n) is 9.49. The molecule has 0 bridgehead atoms. The van der Waals surface area contributed by atoms with Gasteiger partial charge in [0, 0.05) is 37.3 Å². The maximum atomic E-state index is 12.9. The van der Waals surface area contributed by atoms with Crippen molar-refractivity contribution < 1.29 is 14.1 Å². The average Bonchev–Trinajstić information content (AvgIpc) is 3.52. The van der Waals surface area contributed by atoms with E-state index >= 15 is 0 Å². The van der Waals surface area contributed by atoms with Gasteiger partial charge in [-0.25, -0.2) is 0 Å². The summed E-state index contributed by atoms with van der Waals surface area (Å²) in [5, 5.41) is 7.21. The number of benzene rings is 2. The van der Waals surface area contributed by atoms with Crippen LogP contribution in [0.4, 0.5) is 5.69 Å². The lowest BCUT2D eigenvalue weighted by atomic mass is 9.97. The van der Waals surface area contributed by atoms with Crippen LogP contribution in [-0.2, 0) is 22.7 Å². The molecule has 0 aliphatic carbocycles. The van der Waals surface area contributed by atoms with Gasteiger partial charge in [0.25, 0.3) is 0 Å². The monoisotopic (exact) mass is 473 g/mol. The summed E-state index contributed by atoms with van der Waals surface area (Å²) in [6.07, 6.45) is 3.32. The molecule has 8 heteroatoms. The molecular weight excluding hydrogens is 442 g/mol. The maximum absolute atomic E-state index is 12.9. The van der Waals surface area contributed by atoms with Crippen LogP contribution in [0.5, 0.6) is 0 Å². The molecule has 2 fully saturated rings. The van der Waals surface area contributed by atoms with Gasteiger partial charge in [-0.05, 0) is 50.4 Å². The number of rotatable bonds is 7. The van der Waals surface area contributed by atoms with Gasteiger partial charge in [-0.3, -0.25) is 14.5 Å². The highest BCUT2D eigenvalue weighted by Crippen LogP contribution is 2.23. The second-order valence-corrected chi connectivity index (χ2v) is 9.49. The first-order chi connectivity index (χ1) is 17.0. The lowest BCUT2D eigenvalue weighted by Crippen LogP contribution is -2.42. The van der Waals surface area contributed by atoms with E-state index < -0.39 is 0 Å². The quantitative estimate of drug-likeness (QED) is 0.563. The van der Waals surface area contributed by atoms with Crippen LogP contribution < -0.4 is 10.2 Å². The summed E-state index contributed by atoms with van der Waals surface area (Å²) in [7, 11) is 0. The Bertz CT molecular complexity index is 1190. The van der Waals surface area contributed by atoms with Crippen molar-refractivity contribution in [2.45, 2.75) is 45.7 Å². The van der Waals surface area contributed by atoms with E-state index in [1.807, 2.05) is 60.4 Å². The predicted molar refractivity (Wildman–Crippen MR) is 132 cm³/mol. The average molecular weight is 474 g/mol. The molecular formula is C27H31N5O3. The highest BCUT2D eigenvalue weighted by atomic mass is 16.5. The zero-order chi connectivity index (χ0) is 24.2. The van der Waals surface area contributed by atoms with Crippen LogP contribution in [0, 0.1) is 12.8 Å². The largest absolute Gasteiger partial charge is 0.352 e. The number of aromatic nitrogens is 2. The minimum absolute atomic E-state index is 0.0585. The van der Waals surface area contributed by atoms with Crippen molar-refractivity contribution in [3.8, 4) is 11.4 Å². The standard InChI is InChI=1S/C27H31N5O3/c1-19-9-11-21(12-10-19)26-29-24(35-30-26)18-31-13-3-6-22(17-31)27(34)28-16-20-5-2-7-23(15-20)32-14-4-8-25(32)33/h2,5,7,9-12,15,22H,3-4,6,8,13-14,16-18H2,1H3,(H,28,34). The number of piperidine rings is 1. The second kappa shape index (κ2) is 10.4. The number of aryl methyl sites for hydroxylation is 1. The third kappa shape index (κ3) is 5.59. The Kier molecular flexibility index (Phi) is 6.90. The first-order valence-electron chi connectivity index (χ1n) is 12.3. The summed E-state index contributed by atoms with van der Waals surface area (Å²) in [4.78, 5) is 33.6. The van der Waals surface area contributed by atoms with Gasteiger partial charge in [-0.1, -0.05) is 47.1 Å². The first-order valence-corrected chi connectivity index (χ1v) is 12.3. The van der Waals surface area contributed by atoms with Crippen LogP contribution in [0.25, 0.3) is 11.4 Å². The molecule has 1 aromatic heterocycles. The fraction of sp³-hybridized carbons (Fsp3) is 0.407. The molecule has 2 aliphatic heterocycles. The molecule has 35 heavy (non-hydrogen) atoms. The Morgan fingerprint density at radius 2 is 2.00 bits per heavy atom. The van der Waals surface area contributed by atoms with Gasteiger partial charge < -0.3 is 14.7 Å². The molecule has 2 aromatic carbocycles. The van der Waals surface area contributed by atoms with Crippen molar-refractivity contribution >= 4 is 17.5 Å². The van der Waals surface area contributed by atoms with E-state index in [9.17, 15) is 9.59 Å². The summed E-state index contributed by atoms with van der Waals surface area (Å²) in [5.41, 5.74) is 4.02. The van der Waals surface area contributed by atoms with Gasteiger partial charge in [-0.2, -0.15) is 4.98 Å². The van der Waals surface area contributed by atoms with Crippen molar-refractivity contribution in [2.24, 2.45) is 5.92 Å². The molecule has 5 rings (SSSR count). The molecule has 1 atom stereocenters. The number of hydrogen-bond donors (Lipinski definition) is 1. The van der Waals surface area contributed by atoms with Crippen LogP contribution in [-0.4, -0.2) is 46.5 Å². The normalized spacial score (nSPS) is 18.7. The van der Waals surface area contributed by atoms with Crippen molar-refractivity contribution in [3.63, 3.8) is 0 Å². The number of nitrogens with zero attached hydrogens (tertiary/aromatic N) is 4. The van der Waals surface area contributed by atoms with Crippen molar-refractivity contribution in [3.05, 3.63) is 65.5 Å². The van der Waals surface area contributed by atoms with E-state index in [0.29, 0.717) is 37.8 Å². The summed E-state index contributed by atoms with van der Waals surface area (Å²) >= 11 is 0. The van der Waals surface area contributed by atoms with Crippen molar-refractivity contribution in [2.75, 3.05) is 24.5 Å². The highest BCUT2D eigenvalue weighted by molar-refractivity contribution is 5.95. The minimum atomic E-state index is -0.0772. The summed E-state index contributed by atoms with van der Waals surface area (Å²) in [5.74, 6) is 1.30. The fourth-order valence-corrected chi connectivity index (χ4v) is 4.83. The van der Waals surface area contributed by atoms with E-state index in [1.54, 1.807) is 0 Å². The lowest BCUT2D eigenvalue weighted by molar-refractivity contribution is -0.127. The van der Waals surface area contributed by atoms with Crippen molar-refractivity contribution in [1.82, 2.24) is 20.4 Å². The van der Waals surface area contributed by atoms with Gasteiger partial charge in [-0.15, -0.1) is 0 Å². The van der Waals surface area contributed by atoms with Gasteiger partial charge in [0.05, 0.1) is 12.5 Å². The van der Waals surface area contributed by atoms with Crippen LogP contribution >= 0.6 is 0 Å². The molecule has 1 unspecified atom stereocenters. The Morgan fingerprint density at radius 3 is 2.80 bits per heavy atom. The number of likely N-dealkylation sites (tertiary alicyclic amines) is 1. The molecule has 2 amide bonds. The van der Waals surface area contributed by atoms with E-state index in [-0.39, 0.29) is 17.7 Å². The number of hydrogen-bond acceptors (Lipinski definition) is 6. The SMILES string of the molecule is Cc1ccc(-c2noc(CN3CCCC(C(=O)NCc4cccc(N5CCCC5=O)c4)C3)n2)cc1. The molecule has 0 radical (unpaired) electrons. The third-order valence-electron chi connectivity index (χ3n) is 6.78. The lowest BCUT2D eigenvalue weighted by Gasteiger charge is -2.30. The zero-order valence-electron chi connectivity index (χ0n) is 20.1. The summed E-state index contributed by atoms with van der Waals surface area (Å²) in [6.45, 7) is 5.36. The van der Waals surface area contributed by atoms with Gasteiger partial charge >= 0.3 is 0 Å². The number of amides is 2. The Morgan fingerprint density at radius 1 is 1.14 bits per heavy atom. The van der Waals surface area contributed by atoms with Gasteiger partial charge in [0.1, 0.15) is 0 Å². The number of carbonyl (C=O) groups is 2. The summed E-state index contributed by atoms with van der Waals surface area (Å²) in [6, 6.07) is 15.9. The van der Waals surface area contributed by atoms with E-state index in [4.69, 9.17) is 4.52 Å². The maximum Gasteiger partial charge on any atom is 0.241 e. The number of nitrogens with one attached hydrogen (secondary N) is 1. The van der Waals surface area contributed by atoms with E-state index in [0.717, 1.165) is 49.2 Å². The van der Waals surface area contributed by atoms with Gasteiger partial charge in [0.2, 0.25) is 23.5 Å². The van der Waals surface area contributed by atoms with E-state index in [2.05, 4.69) is 20.4 Å². The molecule has 1 N–H and O–H groups in total. The smallest absolute Gasteiger partial charge is 0.241 e. The number of carbonyl (C=O) groups excluding carboxylic acids is 2. The van der Waals surface area contributed by atoms with Gasteiger partial charge in [0.15, 0.2) is 0 Å². The molecule has 0 saturated carbocycles. The first kappa shape index (κ1) is 23.2. The molecule has 8 nitrogen and oxygen atoms in total. The van der Waals surface area contributed by atoms with E-state index in [1.165, 1.54) is 5.56 Å². The Balaban J connectivity index is 1.14. The van der Waals surface area contributed by atoms with Crippen LogP contribution in [0.1, 0.15) is 42.7 Å². The molecule has 182 valence electrons. The minimum Gasteiger partial charge on any atom is -0.352 e. The van der Waals surface area contributed by atoms with Crippen LogP contribution in [0.2, 0.25) is 0 Å². The molecule has 3 heterocycles. The molecule has 0 spiro atoms. The summed E-state index contributed by atoms with van der Waals surface area (Å²) < 4.78 is 5.48. The molecule has 2 aliphatic rings. The topological polar surface area (TPSA) is 91.6 Å². The highest BCUT2D eigenvalue weighted by Gasteiger charge is 2.27. The van der Waals surface area contributed by atoms with Crippen LogP contribution in [0.15, 0.2) is 53.1 Å². The molecule has 2 saturated heterocycles. The Hall–Kier alpha value is -3.52. The van der Waals surface area contributed by atoms with Crippen LogP contribution in [0.3, 0.4) is 0 Å². The third-order valence-corrected chi connectivity index (χ3v) is 6.78. The predicted octanol–water partition coefficient (Wildman–Crippen LogP) is 3.70. The Labute approximate surface area is 205 Å². The van der Waals surface area contributed by atoms with Crippen molar-refractivity contribution in [1.29, 1.82) is 0 Å². The number of anilines is 1. The molecule has 3 aromatic rings. The zero-order valence-corrected chi connectivity index (χ0v) is 20.1. The fourth-order valence-electron chi connectivity index (χ4n) is 4.83.